The number of rotatable bonds is 10. The van der Waals surface area contributed by atoms with Crippen LogP contribution in [-0.4, -0.2) is 61.8 Å². The monoisotopic (exact) mass is 660 g/mol. The summed E-state index contributed by atoms with van der Waals surface area (Å²) in [5, 5.41) is 14.0. The molecule has 246 valence electrons. The fourth-order valence-electron chi connectivity index (χ4n) is 5.27. The van der Waals surface area contributed by atoms with Gasteiger partial charge in [-0.05, 0) is 58.0 Å². The van der Waals surface area contributed by atoms with Crippen LogP contribution in [0.4, 0.5) is 4.39 Å². The Labute approximate surface area is 261 Å². The number of pyridine rings is 1. The van der Waals surface area contributed by atoms with Crippen molar-refractivity contribution in [1.29, 1.82) is 0 Å². The molecular formula is C30H34FN4O10P. The SMILES string of the molecule is CC(C)OC(=O)[C@H](C)NP(=O)(OC[C@H]1O[C@@H](n2ccc(=O)[nH]c2=O)[C@](C)(F)[C@@H]1O)Oc1ccc2c(c1)c(=O)c1ccccc1n2C. The summed E-state index contributed by atoms with van der Waals surface area (Å²) in [5.74, 6) is -0.826. The number of aliphatic hydroxyl groups is 1. The van der Waals surface area contributed by atoms with Crippen LogP contribution in [0.2, 0.25) is 0 Å². The second kappa shape index (κ2) is 12.6. The zero-order valence-corrected chi connectivity index (χ0v) is 26.5. The number of aromatic nitrogens is 3. The van der Waals surface area contributed by atoms with Crippen molar-refractivity contribution in [3.8, 4) is 5.75 Å². The van der Waals surface area contributed by atoms with Crippen LogP contribution in [0.15, 0.2) is 69.1 Å². The minimum atomic E-state index is -4.57. The number of hydrogen-bond donors (Lipinski definition) is 3. The third-order valence-electron chi connectivity index (χ3n) is 7.60. The number of para-hydroxylation sites is 1. The van der Waals surface area contributed by atoms with Crippen LogP contribution in [0.25, 0.3) is 21.8 Å². The number of esters is 1. The van der Waals surface area contributed by atoms with Crippen LogP contribution >= 0.6 is 7.75 Å². The zero-order valence-electron chi connectivity index (χ0n) is 25.6. The minimum absolute atomic E-state index is 0.0546. The number of aryl methyl sites for hydroxylation is 1. The summed E-state index contributed by atoms with van der Waals surface area (Å²) in [7, 11) is -2.77. The fourth-order valence-corrected chi connectivity index (χ4v) is 6.76. The van der Waals surface area contributed by atoms with E-state index in [1.807, 2.05) is 21.7 Å². The largest absolute Gasteiger partial charge is 0.462 e. The molecule has 2 aromatic carbocycles. The van der Waals surface area contributed by atoms with Gasteiger partial charge in [0.05, 0.1) is 23.7 Å². The van der Waals surface area contributed by atoms with Crippen LogP contribution in [0.1, 0.15) is 33.9 Å². The van der Waals surface area contributed by atoms with Gasteiger partial charge in [0.2, 0.25) is 0 Å². The second-order valence-corrected chi connectivity index (χ2v) is 13.1. The van der Waals surface area contributed by atoms with Crippen molar-refractivity contribution >= 4 is 35.5 Å². The van der Waals surface area contributed by atoms with Gasteiger partial charge in [-0.1, -0.05) is 12.1 Å². The quantitative estimate of drug-likeness (QED) is 0.129. The van der Waals surface area contributed by atoms with Gasteiger partial charge in [-0.3, -0.25) is 28.5 Å². The van der Waals surface area contributed by atoms with E-state index < -0.39 is 67.8 Å². The van der Waals surface area contributed by atoms with E-state index in [1.165, 1.54) is 19.1 Å². The lowest BCUT2D eigenvalue weighted by Gasteiger charge is -2.25. The zero-order chi connectivity index (χ0) is 33.6. The lowest BCUT2D eigenvalue weighted by molar-refractivity contribution is -0.149. The van der Waals surface area contributed by atoms with Crippen LogP contribution in [-0.2, 0) is 30.4 Å². The average molecular weight is 661 g/mol. The Morgan fingerprint density at radius 1 is 1.13 bits per heavy atom. The van der Waals surface area contributed by atoms with Crippen LogP contribution < -0.4 is 26.3 Å². The summed E-state index contributed by atoms with van der Waals surface area (Å²) >= 11 is 0. The summed E-state index contributed by atoms with van der Waals surface area (Å²) < 4.78 is 54.7. The third-order valence-corrected chi connectivity index (χ3v) is 9.24. The van der Waals surface area contributed by atoms with E-state index in [-0.39, 0.29) is 16.6 Å². The van der Waals surface area contributed by atoms with Crippen molar-refractivity contribution in [3.63, 3.8) is 0 Å². The molecule has 3 heterocycles. The number of hydrogen-bond acceptors (Lipinski definition) is 10. The molecular weight excluding hydrogens is 626 g/mol. The molecule has 0 radical (unpaired) electrons. The highest BCUT2D eigenvalue weighted by Crippen LogP contribution is 2.48. The second-order valence-electron chi connectivity index (χ2n) is 11.4. The van der Waals surface area contributed by atoms with Gasteiger partial charge in [0.15, 0.2) is 17.3 Å². The molecule has 2 aromatic heterocycles. The lowest BCUT2D eigenvalue weighted by Crippen LogP contribution is -2.43. The van der Waals surface area contributed by atoms with Gasteiger partial charge in [-0.15, -0.1) is 0 Å². The Kier molecular flexibility index (Phi) is 9.08. The number of ether oxygens (including phenoxy) is 2. The van der Waals surface area contributed by atoms with E-state index in [0.717, 1.165) is 23.8 Å². The van der Waals surface area contributed by atoms with Gasteiger partial charge in [0.25, 0.3) is 5.56 Å². The van der Waals surface area contributed by atoms with E-state index >= 15 is 4.39 Å². The summed E-state index contributed by atoms with van der Waals surface area (Å²) in [6, 6.07) is 11.3. The molecule has 1 aliphatic rings. The number of fused-ring (bicyclic) bond motifs is 2. The number of benzene rings is 2. The highest BCUT2D eigenvalue weighted by atomic mass is 31.2. The molecule has 5 rings (SSSR count). The molecule has 0 saturated carbocycles. The minimum Gasteiger partial charge on any atom is -0.462 e. The summed E-state index contributed by atoms with van der Waals surface area (Å²) in [6.07, 6.45) is -4.51. The molecule has 1 fully saturated rings. The molecule has 14 nitrogen and oxygen atoms in total. The molecule has 0 bridgehead atoms. The van der Waals surface area contributed by atoms with Crippen LogP contribution in [0, 0.1) is 0 Å². The number of carbonyl (C=O) groups excluding carboxylic acids is 1. The highest BCUT2D eigenvalue weighted by Gasteiger charge is 2.56. The molecule has 4 aromatic rings. The van der Waals surface area contributed by atoms with Gasteiger partial charge in [-0.25, -0.2) is 13.8 Å². The van der Waals surface area contributed by atoms with Crippen molar-refractivity contribution < 1.29 is 37.4 Å². The van der Waals surface area contributed by atoms with Crippen molar-refractivity contribution in [3.05, 3.63) is 85.8 Å². The molecule has 1 unspecified atom stereocenters. The number of alkyl halides is 1. The molecule has 0 amide bonds. The summed E-state index contributed by atoms with van der Waals surface area (Å²) in [4.78, 5) is 51.7. The summed E-state index contributed by atoms with van der Waals surface area (Å²) in [6.45, 7) is 4.90. The molecule has 0 spiro atoms. The predicted molar refractivity (Wildman–Crippen MR) is 165 cm³/mol. The van der Waals surface area contributed by atoms with Gasteiger partial charge < -0.3 is 23.7 Å². The molecule has 6 atom stereocenters. The molecule has 46 heavy (non-hydrogen) atoms. The van der Waals surface area contributed by atoms with Crippen molar-refractivity contribution in [2.45, 2.75) is 63.9 Å². The Bertz CT molecular complexity index is 2020. The highest BCUT2D eigenvalue weighted by molar-refractivity contribution is 7.52. The van der Waals surface area contributed by atoms with E-state index in [1.54, 1.807) is 39.1 Å². The number of aliphatic hydroxyl groups excluding tert-OH is 1. The Morgan fingerprint density at radius 3 is 2.52 bits per heavy atom. The Balaban J connectivity index is 1.45. The van der Waals surface area contributed by atoms with E-state index in [9.17, 15) is 28.8 Å². The number of carbonyl (C=O) groups is 1. The van der Waals surface area contributed by atoms with E-state index in [2.05, 4.69) is 5.09 Å². The van der Waals surface area contributed by atoms with Gasteiger partial charge in [-0.2, -0.15) is 5.09 Å². The maximum absolute atomic E-state index is 15.7. The fraction of sp³-hybridized carbons (Fsp3) is 0.400. The first kappa shape index (κ1) is 33.2. The standard InChI is InChI=1S/C30H34FN4O10P/c1-16(2)43-27(39)17(3)33-46(41,42-15-23-26(38)30(4,31)28(44-23)35-13-12-24(36)32-29(35)40)45-18-10-11-22-20(14-18)25(37)19-8-6-7-9-21(19)34(22)5/h6-14,16-17,23,26,28,38H,15H2,1-5H3,(H,33,41)(H,32,36,40)/t17-,23+,26+,28+,30+,46?/m0/s1. The van der Waals surface area contributed by atoms with Gasteiger partial charge in [0.1, 0.15) is 24.0 Å². The number of H-pyrrole nitrogens is 1. The number of halogens is 1. The first-order chi connectivity index (χ1) is 21.6. The Hall–Kier alpha value is -4.14. The van der Waals surface area contributed by atoms with Gasteiger partial charge in [0, 0.05) is 30.1 Å². The Morgan fingerprint density at radius 2 is 1.83 bits per heavy atom. The maximum Gasteiger partial charge on any atom is 0.459 e. The lowest BCUT2D eigenvalue weighted by atomic mass is 9.98. The van der Waals surface area contributed by atoms with Gasteiger partial charge >= 0.3 is 19.4 Å². The first-order valence-electron chi connectivity index (χ1n) is 14.4. The smallest absolute Gasteiger partial charge is 0.459 e. The van der Waals surface area contributed by atoms with Crippen LogP contribution in [0.3, 0.4) is 0 Å². The number of nitrogens with one attached hydrogen (secondary N) is 2. The maximum atomic E-state index is 15.7. The predicted octanol–water partition coefficient (Wildman–Crippen LogP) is 2.66. The van der Waals surface area contributed by atoms with Crippen LogP contribution in [0.5, 0.6) is 5.75 Å². The summed E-state index contributed by atoms with van der Waals surface area (Å²) in [5.41, 5.74) is -3.25. The number of nitrogens with zero attached hydrogens (tertiary/aromatic N) is 2. The average Bonchev–Trinajstić information content (AvgIpc) is 3.22. The molecule has 1 saturated heterocycles. The van der Waals surface area contributed by atoms with E-state index in [0.29, 0.717) is 16.4 Å². The number of aromatic amines is 1. The molecule has 0 aliphatic carbocycles. The first-order valence-corrected chi connectivity index (χ1v) is 15.9. The van der Waals surface area contributed by atoms with Crippen molar-refractivity contribution in [2.75, 3.05) is 6.61 Å². The van der Waals surface area contributed by atoms with E-state index in [4.69, 9.17) is 18.5 Å². The molecule has 1 aliphatic heterocycles. The normalized spacial score (nSPS) is 23.4. The van der Waals surface area contributed by atoms with Crippen molar-refractivity contribution in [1.82, 2.24) is 19.2 Å². The third kappa shape index (κ3) is 6.42. The molecule has 16 heteroatoms. The topological polar surface area (TPSA) is 180 Å². The molecule has 3 N–H and O–H groups in total. The van der Waals surface area contributed by atoms with Crippen molar-refractivity contribution in [2.24, 2.45) is 7.05 Å².